The van der Waals surface area contributed by atoms with Crippen molar-refractivity contribution in [2.75, 3.05) is 0 Å². The van der Waals surface area contributed by atoms with Crippen molar-refractivity contribution in [2.24, 2.45) is 0 Å². The van der Waals surface area contributed by atoms with Crippen LogP contribution in [0.2, 0.25) is 0 Å². The van der Waals surface area contributed by atoms with Crippen molar-refractivity contribution in [1.82, 2.24) is 0 Å². The Bertz CT molecular complexity index is 449. The number of aromatic carboxylic acids is 1. The second-order valence-electron chi connectivity index (χ2n) is 2.92. The third-order valence-electron chi connectivity index (χ3n) is 2.08. The monoisotopic (exact) mass is 211 g/mol. The van der Waals surface area contributed by atoms with E-state index in [-0.39, 0.29) is 11.1 Å². The summed E-state index contributed by atoms with van der Waals surface area (Å²) in [6.07, 6.45) is -2.90. The standard InChI is InChI=1S/C10H7F2NO2/c1-5-6(4-13)2-3-7(10(14)15)8(5)9(11)12/h2-3,9H,1H3,(H,14,15). The van der Waals surface area contributed by atoms with Crippen molar-refractivity contribution < 1.29 is 18.7 Å². The lowest BCUT2D eigenvalue weighted by molar-refractivity contribution is 0.0684. The van der Waals surface area contributed by atoms with Crippen LogP contribution in [-0.4, -0.2) is 11.1 Å². The maximum Gasteiger partial charge on any atom is 0.336 e. The Balaban J connectivity index is 3.53. The molecule has 0 atom stereocenters. The summed E-state index contributed by atoms with van der Waals surface area (Å²) in [5.41, 5.74) is -0.953. The average molecular weight is 211 g/mol. The van der Waals surface area contributed by atoms with Crippen LogP contribution in [0.25, 0.3) is 0 Å². The van der Waals surface area contributed by atoms with Crippen LogP contribution in [0.1, 0.15) is 33.5 Å². The molecule has 0 saturated heterocycles. The summed E-state index contributed by atoms with van der Waals surface area (Å²) < 4.78 is 25.2. The van der Waals surface area contributed by atoms with Crippen LogP contribution in [0.15, 0.2) is 12.1 Å². The zero-order valence-corrected chi connectivity index (χ0v) is 7.79. The Hall–Kier alpha value is -1.96. The normalized spacial score (nSPS) is 10.1. The molecule has 0 saturated carbocycles. The van der Waals surface area contributed by atoms with Crippen LogP contribution in [-0.2, 0) is 0 Å². The summed E-state index contributed by atoms with van der Waals surface area (Å²) >= 11 is 0. The van der Waals surface area contributed by atoms with Gasteiger partial charge in [0.15, 0.2) is 0 Å². The first-order valence-corrected chi connectivity index (χ1v) is 4.04. The molecule has 0 aliphatic carbocycles. The van der Waals surface area contributed by atoms with E-state index < -0.39 is 23.5 Å². The number of rotatable bonds is 2. The van der Waals surface area contributed by atoms with E-state index in [4.69, 9.17) is 10.4 Å². The molecular weight excluding hydrogens is 204 g/mol. The fourth-order valence-electron chi connectivity index (χ4n) is 1.32. The number of carboxylic acids is 1. The minimum Gasteiger partial charge on any atom is -0.478 e. The lowest BCUT2D eigenvalue weighted by Gasteiger charge is -2.09. The maximum absolute atomic E-state index is 12.6. The lowest BCUT2D eigenvalue weighted by Crippen LogP contribution is -2.06. The van der Waals surface area contributed by atoms with E-state index >= 15 is 0 Å². The highest BCUT2D eigenvalue weighted by atomic mass is 19.3. The number of carboxylic acid groups (broad SMARTS) is 1. The number of hydrogen-bond donors (Lipinski definition) is 1. The van der Waals surface area contributed by atoms with Crippen molar-refractivity contribution in [2.45, 2.75) is 13.3 Å². The predicted octanol–water partition coefficient (Wildman–Crippen LogP) is 2.50. The molecule has 0 radical (unpaired) electrons. The van der Waals surface area contributed by atoms with Crippen molar-refractivity contribution in [3.05, 3.63) is 34.4 Å². The van der Waals surface area contributed by atoms with Crippen molar-refractivity contribution in [1.29, 1.82) is 5.26 Å². The molecule has 0 aliphatic heterocycles. The van der Waals surface area contributed by atoms with Gasteiger partial charge in [-0.25, -0.2) is 13.6 Å². The minimum absolute atomic E-state index is 0.0207. The van der Waals surface area contributed by atoms with Gasteiger partial charge < -0.3 is 5.11 Å². The number of hydrogen-bond acceptors (Lipinski definition) is 2. The Morgan fingerprint density at radius 2 is 2.13 bits per heavy atom. The number of nitriles is 1. The summed E-state index contributed by atoms with van der Waals surface area (Å²) in [6, 6.07) is 3.98. The molecule has 0 fully saturated rings. The van der Waals surface area contributed by atoms with Crippen LogP contribution in [0, 0.1) is 18.3 Å². The highest BCUT2D eigenvalue weighted by molar-refractivity contribution is 5.90. The first-order valence-electron chi connectivity index (χ1n) is 4.04. The minimum atomic E-state index is -2.90. The quantitative estimate of drug-likeness (QED) is 0.817. The molecule has 0 heterocycles. The molecule has 0 aliphatic rings. The molecule has 0 spiro atoms. The largest absolute Gasteiger partial charge is 0.478 e. The fraction of sp³-hybridized carbons (Fsp3) is 0.200. The SMILES string of the molecule is Cc1c(C#N)ccc(C(=O)O)c1C(F)F. The highest BCUT2D eigenvalue weighted by Gasteiger charge is 2.21. The van der Waals surface area contributed by atoms with Crippen LogP contribution < -0.4 is 0 Å². The molecule has 1 N–H and O–H groups in total. The van der Waals surface area contributed by atoms with E-state index in [1.54, 1.807) is 6.07 Å². The van der Waals surface area contributed by atoms with E-state index in [2.05, 4.69) is 0 Å². The van der Waals surface area contributed by atoms with Crippen LogP contribution in [0.5, 0.6) is 0 Å². The fourth-order valence-corrected chi connectivity index (χ4v) is 1.32. The Kier molecular flexibility index (Phi) is 3.00. The van der Waals surface area contributed by atoms with Crippen LogP contribution >= 0.6 is 0 Å². The molecule has 78 valence electrons. The maximum atomic E-state index is 12.6. The number of halogens is 2. The molecule has 15 heavy (non-hydrogen) atoms. The molecule has 0 unspecified atom stereocenters. The zero-order valence-electron chi connectivity index (χ0n) is 7.79. The third kappa shape index (κ3) is 1.94. The molecule has 0 bridgehead atoms. The molecule has 1 aromatic rings. The number of benzene rings is 1. The first-order chi connectivity index (χ1) is 6.99. The van der Waals surface area contributed by atoms with Gasteiger partial charge in [0.2, 0.25) is 0 Å². The summed E-state index contributed by atoms with van der Waals surface area (Å²) in [5.74, 6) is -1.42. The first kappa shape index (κ1) is 11.1. The second-order valence-corrected chi connectivity index (χ2v) is 2.92. The summed E-state index contributed by atoms with van der Waals surface area (Å²) in [5, 5.41) is 17.3. The summed E-state index contributed by atoms with van der Waals surface area (Å²) in [4.78, 5) is 10.7. The van der Waals surface area contributed by atoms with Gasteiger partial charge in [0.1, 0.15) is 0 Å². The molecule has 5 heteroatoms. The Morgan fingerprint density at radius 1 is 1.53 bits per heavy atom. The van der Waals surface area contributed by atoms with E-state index in [1.165, 1.54) is 13.0 Å². The Morgan fingerprint density at radius 3 is 2.53 bits per heavy atom. The van der Waals surface area contributed by atoms with Crippen LogP contribution in [0.3, 0.4) is 0 Å². The van der Waals surface area contributed by atoms with Gasteiger partial charge in [-0.3, -0.25) is 0 Å². The van der Waals surface area contributed by atoms with Crippen LogP contribution in [0.4, 0.5) is 8.78 Å². The Labute approximate surface area is 84.6 Å². The number of carbonyl (C=O) groups is 1. The van der Waals surface area contributed by atoms with Gasteiger partial charge in [-0.2, -0.15) is 5.26 Å². The molecule has 3 nitrogen and oxygen atoms in total. The smallest absolute Gasteiger partial charge is 0.336 e. The lowest BCUT2D eigenvalue weighted by atomic mass is 9.98. The number of nitrogens with zero attached hydrogens (tertiary/aromatic N) is 1. The van der Waals surface area contributed by atoms with E-state index in [1.807, 2.05) is 0 Å². The van der Waals surface area contributed by atoms with Crippen molar-refractivity contribution in [3.8, 4) is 6.07 Å². The summed E-state index contributed by atoms with van der Waals surface area (Å²) in [6.45, 7) is 1.31. The summed E-state index contributed by atoms with van der Waals surface area (Å²) in [7, 11) is 0. The van der Waals surface area contributed by atoms with E-state index in [0.29, 0.717) is 0 Å². The highest BCUT2D eigenvalue weighted by Crippen LogP contribution is 2.28. The van der Waals surface area contributed by atoms with Crippen molar-refractivity contribution >= 4 is 5.97 Å². The molecule has 0 aromatic heterocycles. The predicted molar refractivity (Wildman–Crippen MR) is 47.8 cm³/mol. The van der Waals surface area contributed by atoms with E-state index in [9.17, 15) is 13.6 Å². The topological polar surface area (TPSA) is 61.1 Å². The van der Waals surface area contributed by atoms with Gasteiger partial charge in [-0.05, 0) is 24.6 Å². The van der Waals surface area contributed by atoms with Gasteiger partial charge in [0.25, 0.3) is 6.43 Å². The van der Waals surface area contributed by atoms with Crippen molar-refractivity contribution in [3.63, 3.8) is 0 Å². The van der Waals surface area contributed by atoms with Gasteiger partial charge in [0.05, 0.1) is 17.2 Å². The second kappa shape index (κ2) is 4.05. The van der Waals surface area contributed by atoms with Gasteiger partial charge in [0, 0.05) is 5.56 Å². The molecule has 1 rings (SSSR count). The van der Waals surface area contributed by atoms with Gasteiger partial charge in [-0.1, -0.05) is 0 Å². The van der Waals surface area contributed by atoms with Gasteiger partial charge in [-0.15, -0.1) is 0 Å². The van der Waals surface area contributed by atoms with E-state index in [0.717, 1.165) is 6.07 Å². The third-order valence-corrected chi connectivity index (χ3v) is 2.08. The average Bonchev–Trinajstić information content (AvgIpc) is 2.16. The van der Waals surface area contributed by atoms with Gasteiger partial charge >= 0.3 is 5.97 Å². The molecule has 0 amide bonds. The zero-order chi connectivity index (χ0) is 11.6. The molecular formula is C10H7F2NO2. The molecule has 1 aromatic carbocycles. The number of alkyl halides is 2.